The zero-order chi connectivity index (χ0) is 21.3. The van der Waals surface area contributed by atoms with E-state index in [-0.39, 0.29) is 35.3 Å². The fourth-order valence-electron chi connectivity index (χ4n) is 4.18. The molecule has 1 aromatic heterocycles. The molecule has 2 amide bonds. The molecule has 7 nitrogen and oxygen atoms in total. The Labute approximate surface area is 171 Å². The normalized spacial score (nSPS) is 18.8. The van der Waals surface area contributed by atoms with E-state index in [0.29, 0.717) is 31.9 Å². The van der Waals surface area contributed by atoms with Crippen molar-refractivity contribution in [1.82, 2.24) is 19.8 Å². The maximum absolute atomic E-state index is 12.8. The highest BCUT2D eigenvalue weighted by Crippen LogP contribution is 2.29. The first-order valence-corrected chi connectivity index (χ1v) is 10.2. The minimum absolute atomic E-state index is 0.162. The minimum Gasteiger partial charge on any atom is -0.340 e. The standard InChI is InChI=1S/C20H24F3N5O2/c21-20(22,23)19-25-15-6-5-14(11-16(15)26-19)24-17(29)12-27-7-9-28(10-8-27)18(30)13-3-1-2-4-13/h5-6,11,13H,1-4,7-10,12H2,(H,24,29)(H,25,26). The third-order valence-electron chi connectivity index (χ3n) is 5.79. The first kappa shape index (κ1) is 20.6. The van der Waals surface area contributed by atoms with Gasteiger partial charge in [0.1, 0.15) is 0 Å². The summed E-state index contributed by atoms with van der Waals surface area (Å²) < 4.78 is 38.3. The van der Waals surface area contributed by atoms with E-state index in [2.05, 4.69) is 15.3 Å². The summed E-state index contributed by atoms with van der Waals surface area (Å²) in [5.74, 6) is -0.913. The van der Waals surface area contributed by atoms with Crippen molar-refractivity contribution < 1.29 is 22.8 Å². The molecule has 2 fully saturated rings. The fourth-order valence-corrected chi connectivity index (χ4v) is 4.18. The predicted molar refractivity (Wildman–Crippen MR) is 105 cm³/mol. The molecule has 2 aromatic rings. The SMILES string of the molecule is O=C(CN1CCN(C(=O)C2CCCC2)CC1)Nc1ccc2nc(C(F)(F)F)[nH]c2c1. The number of nitrogens with zero attached hydrogens (tertiary/aromatic N) is 3. The number of hydrogen-bond acceptors (Lipinski definition) is 4. The molecule has 1 aliphatic carbocycles. The van der Waals surface area contributed by atoms with Crippen LogP contribution in [0.2, 0.25) is 0 Å². The monoisotopic (exact) mass is 423 g/mol. The second-order valence-electron chi connectivity index (χ2n) is 7.95. The number of H-pyrrole nitrogens is 1. The smallest absolute Gasteiger partial charge is 0.340 e. The number of nitrogens with one attached hydrogen (secondary N) is 2. The number of carbonyl (C=O) groups is 2. The maximum atomic E-state index is 12.8. The van der Waals surface area contributed by atoms with Crippen molar-refractivity contribution in [3.05, 3.63) is 24.0 Å². The van der Waals surface area contributed by atoms with Gasteiger partial charge in [0.2, 0.25) is 17.6 Å². The summed E-state index contributed by atoms with van der Waals surface area (Å²) in [6.45, 7) is 2.65. The molecule has 1 aromatic carbocycles. The number of halogens is 3. The van der Waals surface area contributed by atoms with Gasteiger partial charge >= 0.3 is 6.18 Å². The van der Waals surface area contributed by atoms with Crippen LogP contribution in [0.15, 0.2) is 18.2 Å². The first-order valence-electron chi connectivity index (χ1n) is 10.2. The number of amides is 2. The molecular weight excluding hydrogens is 399 g/mol. The second-order valence-corrected chi connectivity index (χ2v) is 7.95. The quantitative estimate of drug-likeness (QED) is 0.793. The van der Waals surface area contributed by atoms with Gasteiger partial charge in [0, 0.05) is 37.8 Å². The summed E-state index contributed by atoms with van der Waals surface area (Å²) in [6.07, 6.45) is -0.348. The lowest BCUT2D eigenvalue weighted by Crippen LogP contribution is -2.51. The van der Waals surface area contributed by atoms with Gasteiger partial charge in [0.25, 0.3) is 0 Å². The van der Waals surface area contributed by atoms with Crippen molar-refractivity contribution in [1.29, 1.82) is 0 Å². The van der Waals surface area contributed by atoms with Crippen LogP contribution in [-0.2, 0) is 15.8 Å². The van der Waals surface area contributed by atoms with E-state index in [9.17, 15) is 22.8 Å². The molecule has 0 spiro atoms. The summed E-state index contributed by atoms with van der Waals surface area (Å²) in [4.78, 5) is 34.5. The van der Waals surface area contributed by atoms with E-state index >= 15 is 0 Å². The number of benzene rings is 1. The van der Waals surface area contributed by atoms with E-state index in [4.69, 9.17) is 0 Å². The van der Waals surface area contributed by atoms with Crippen LogP contribution >= 0.6 is 0 Å². The van der Waals surface area contributed by atoms with E-state index in [1.165, 1.54) is 18.2 Å². The van der Waals surface area contributed by atoms with Crippen molar-refractivity contribution in [2.75, 3.05) is 38.0 Å². The van der Waals surface area contributed by atoms with Gasteiger partial charge in [-0.3, -0.25) is 14.5 Å². The Bertz CT molecular complexity index is 928. The number of fused-ring (bicyclic) bond motifs is 1. The van der Waals surface area contributed by atoms with Gasteiger partial charge in [0.15, 0.2) is 0 Å². The lowest BCUT2D eigenvalue weighted by atomic mass is 10.1. The average Bonchev–Trinajstić information content (AvgIpc) is 3.37. The number of aromatic amines is 1. The molecule has 2 heterocycles. The van der Waals surface area contributed by atoms with Crippen LogP contribution < -0.4 is 5.32 Å². The number of rotatable bonds is 4. The van der Waals surface area contributed by atoms with Crippen LogP contribution in [0.1, 0.15) is 31.5 Å². The number of alkyl halides is 3. The molecule has 10 heteroatoms. The highest BCUT2D eigenvalue weighted by Gasteiger charge is 2.34. The molecular formula is C20H24F3N5O2. The highest BCUT2D eigenvalue weighted by molar-refractivity contribution is 5.94. The number of piperazine rings is 1. The van der Waals surface area contributed by atoms with Crippen molar-refractivity contribution in [3.63, 3.8) is 0 Å². The Hall–Kier alpha value is -2.62. The summed E-state index contributed by atoms with van der Waals surface area (Å²) in [7, 11) is 0. The first-order chi connectivity index (χ1) is 14.3. The zero-order valence-electron chi connectivity index (χ0n) is 16.5. The molecule has 0 radical (unpaired) electrons. The number of hydrogen-bond donors (Lipinski definition) is 2. The average molecular weight is 423 g/mol. The number of anilines is 1. The fraction of sp³-hybridized carbons (Fsp3) is 0.550. The molecule has 4 rings (SSSR count). The largest absolute Gasteiger partial charge is 0.449 e. The Kier molecular flexibility index (Phi) is 5.68. The number of aromatic nitrogens is 2. The van der Waals surface area contributed by atoms with Crippen LogP contribution in [0, 0.1) is 5.92 Å². The predicted octanol–water partition coefficient (Wildman–Crippen LogP) is 2.85. The van der Waals surface area contributed by atoms with E-state index < -0.39 is 12.0 Å². The van der Waals surface area contributed by atoms with Gasteiger partial charge in [0.05, 0.1) is 17.6 Å². The Morgan fingerprint density at radius 2 is 1.83 bits per heavy atom. The van der Waals surface area contributed by atoms with Crippen LogP contribution in [0.4, 0.5) is 18.9 Å². The van der Waals surface area contributed by atoms with Crippen molar-refractivity contribution >= 4 is 28.5 Å². The van der Waals surface area contributed by atoms with Gasteiger partial charge in [-0.1, -0.05) is 12.8 Å². The molecule has 1 saturated carbocycles. The molecule has 2 N–H and O–H groups in total. The molecule has 0 bridgehead atoms. The molecule has 2 aliphatic rings. The lowest BCUT2D eigenvalue weighted by Gasteiger charge is -2.35. The molecule has 30 heavy (non-hydrogen) atoms. The lowest BCUT2D eigenvalue weighted by molar-refractivity contribution is -0.144. The molecule has 0 unspecified atom stereocenters. The topological polar surface area (TPSA) is 81.3 Å². The zero-order valence-corrected chi connectivity index (χ0v) is 16.5. The molecule has 1 saturated heterocycles. The minimum atomic E-state index is -4.55. The molecule has 162 valence electrons. The van der Waals surface area contributed by atoms with Crippen LogP contribution in [0.25, 0.3) is 11.0 Å². The number of imidazole rings is 1. The third kappa shape index (κ3) is 4.58. The van der Waals surface area contributed by atoms with E-state index in [1.807, 2.05) is 9.80 Å². The van der Waals surface area contributed by atoms with E-state index in [0.717, 1.165) is 25.7 Å². The van der Waals surface area contributed by atoms with Gasteiger partial charge in [-0.15, -0.1) is 0 Å². The summed E-state index contributed by atoms with van der Waals surface area (Å²) in [6, 6.07) is 4.40. The van der Waals surface area contributed by atoms with Gasteiger partial charge in [-0.25, -0.2) is 4.98 Å². The maximum Gasteiger partial charge on any atom is 0.449 e. The van der Waals surface area contributed by atoms with Crippen molar-refractivity contribution in [2.24, 2.45) is 5.92 Å². The Balaban J connectivity index is 1.29. The molecule has 1 aliphatic heterocycles. The number of carbonyl (C=O) groups excluding carboxylic acids is 2. The van der Waals surface area contributed by atoms with Gasteiger partial charge in [-0.05, 0) is 31.0 Å². The summed E-state index contributed by atoms with van der Waals surface area (Å²) >= 11 is 0. The van der Waals surface area contributed by atoms with Crippen LogP contribution in [-0.4, -0.2) is 64.3 Å². The van der Waals surface area contributed by atoms with Crippen LogP contribution in [0.3, 0.4) is 0 Å². The second kappa shape index (κ2) is 8.25. The van der Waals surface area contributed by atoms with Crippen molar-refractivity contribution in [3.8, 4) is 0 Å². The van der Waals surface area contributed by atoms with Gasteiger partial charge in [-0.2, -0.15) is 13.2 Å². The van der Waals surface area contributed by atoms with Gasteiger partial charge < -0.3 is 15.2 Å². The van der Waals surface area contributed by atoms with Crippen LogP contribution in [0.5, 0.6) is 0 Å². The Morgan fingerprint density at radius 3 is 2.50 bits per heavy atom. The third-order valence-corrected chi connectivity index (χ3v) is 5.79. The Morgan fingerprint density at radius 1 is 1.13 bits per heavy atom. The summed E-state index contributed by atoms with van der Waals surface area (Å²) in [5.41, 5.74) is 0.794. The molecule has 0 atom stereocenters. The highest BCUT2D eigenvalue weighted by atomic mass is 19.4. The van der Waals surface area contributed by atoms with E-state index in [1.54, 1.807) is 0 Å². The van der Waals surface area contributed by atoms with Crippen molar-refractivity contribution in [2.45, 2.75) is 31.9 Å². The summed E-state index contributed by atoms with van der Waals surface area (Å²) in [5, 5.41) is 2.72.